The van der Waals surface area contributed by atoms with Crippen LogP contribution in [0.25, 0.3) is 5.00 Å². The van der Waals surface area contributed by atoms with Gasteiger partial charge in [-0.05, 0) is 50.1 Å². The quantitative estimate of drug-likeness (QED) is 0.313. The van der Waals surface area contributed by atoms with Crippen LogP contribution in [0.1, 0.15) is 64.6 Å². The molecule has 1 aliphatic heterocycles. The van der Waals surface area contributed by atoms with E-state index in [1.54, 1.807) is 11.3 Å². The normalized spacial score (nSPS) is 14.5. The average molecular weight is 471 g/mol. The molecule has 33 heavy (non-hydrogen) atoms. The van der Waals surface area contributed by atoms with Gasteiger partial charge in [0.1, 0.15) is 16.9 Å². The summed E-state index contributed by atoms with van der Waals surface area (Å²) in [5.74, 6) is 8.47. The average Bonchev–Trinajstić information content (AvgIpc) is 3.31. The van der Waals surface area contributed by atoms with E-state index < -0.39 is 0 Å². The number of hydrogen-bond acceptors (Lipinski definition) is 4. The molecule has 3 heterocycles. The van der Waals surface area contributed by atoms with E-state index in [0.717, 1.165) is 62.3 Å². The van der Waals surface area contributed by atoms with E-state index >= 15 is 0 Å². The molecule has 1 aliphatic rings. The Balaban J connectivity index is 1.75. The number of hydrogen-bond donors (Lipinski definition) is 0. The molecular formula is C27H23ClN4S. The van der Waals surface area contributed by atoms with Crippen molar-refractivity contribution in [2.75, 3.05) is 0 Å². The van der Waals surface area contributed by atoms with Crippen LogP contribution in [0, 0.1) is 25.7 Å². The molecule has 0 fully saturated rings. The molecule has 0 radical (unpaired) electrons. The van der Waals surface area contributed by atoms with Gasteiger partial charge in [-0.1, -0.05) is 67.1 Å². The molecule has 0 amide bonds. The molecule has 0 aliphatic carbocycles. The van der Waals surface area contributed by atoms with Gasteiger partial charge in [-0.2, -0.15) is 0 Å². The highest BCUT2D eigenvalue weighted by molar-refractivity contribution is 7.15. The van der Waals surface area contributed by atoms with Crippen molar-refractivity contribution in [2.24, 2.45) is 4.99 Å². The molecule has 0 bridgehead atoms. The van der Waals surface area contributed by atoms with Crippen molar-refractivity contribution >= 4 is 28.6 Å². The zero-order valence-electron chi connectivity index (χ0n) is 18.8. The van der Waals surface area contributed by atoms with Crippen LogP contribution < -0.4 is 0 Å². The molecule has 0 saturated carbocycles. The van der Waals surface area contributed by atoms with Gasteiger partial charge in [0.2, 0.25) is 0 Å². The molecule has 164 valence electrons. The van der Waals surface area contributed by atoms with Crippen molar-refractivity contribution in [3.63, 3.8) is 0 Å². The number of aromatic nitrogens is 3. The summed E-state index contributed by atoms with van der Waals surface area (Å²) in [5.41, 5.74) is 5.23. The van der Waals surface area contributed by atoms with Gasteiger partial charge < -0.3 is 0 Å². The van der Waals surface area contributed by atoms with Crippen LogP contribution in [-0.2, 0) is 0 Å². The van der Waals surface area contributed by atoms with Crippen LogP contribution in [0.2, 0.25) is 5.02 Å². The minimum Gasteiger partial charge on any atom is -0.273 e. The predicted octanol–water partition coefficient (Wildman–Crippen LogP) is 6.69. The van der Waals surface area contributed by atoms with E-state index in [2.05, 4.69) is 40.5 Å². The molecule has 4 nitrogen and oxygen atoms in total. The van der Waals surface area contributed by atoms with Gasteiger partial charge in [0.15, 0.2) is 5.82 Å². The van der Waals surface area contributed by atoms with Gasteiger partial charge in [0, 0.05) is 21.7 Å². The third kappa shape index (κ3) is 4.01. The summed E-state index contributed by atoms with van der Waals surface area (Å²) in [6.07, 6.45) is 1.91. The van der Waals surface area contributed by atoms with E-state index in [0.29, 0.717) is 5.02 Å². The first-order valence-electron chi connectivity index (χ1n) is 11.0. The maximum atomic E-state index is 6.19. The van der Waals surface area contributed by atoms with Crippen molar-refractivity contribution in [3.05, 3.63) is 98.4 Å². The zero-order chi connectivity index (χ0) is 22.9. The molecule has 0 N–H and O–H groups in total. The Hall–Kier alpha value is -3.20. The fraction of sp³-hybridized carbons (Fsp3) is 0.222. The van der Waals surface area contributed by atoms with Crippen LogP contribution in [0.15, 0.2) is 59.6 Å². The van der Waals surface area contributed by atoms with E-state index in [4.69, 9.17) is 16.6 Å². The summed E-state index contributed by atoms with van der Waals surface area (Å²) < 4.78 is 2.17. The summed E-state index contributed by atoms with van der Waals surface area (Å²) in [4.78, 5) is 6.29. The number of halogens is 1. The Morgan fingerprint density at radius 3 is 2.48 bits per heavy atom. The first kappa shape index (κ1) is 21.6. The fourth-order valence-electron chi connectivity index (χ4n) is 4.12. The number of aryl methyl sites for hydroxylation is 1. The number of thiophene rings is 1. The molecule has 0 saturated heterocycles. The standard InChI is InChI=1S/C27H23ClN4S/c1-4-8-22-26-31-30-18(3)32(26)27-24(25(29-22)20-12-14-21(28)15-13-20)17(2)23(33-27)16-11-19-9-6-5-7-10-19/h5-7,9-10,12-15,22H,4,8H2,1-3H3/t22-/m0/s1. The summed E-state index contributed by atoms with van der Waals surface area (Å²) in [5, 5.41) is 10.7. The van der Waals surface area contributed by atoms with Crippen molar-refractivity contribution in [1.82, 2.24) is 14.8 Å². The lowest BCUT2D eigenvalue weighted by Crippen LogP contribution is -2.07. The summed E-state index contributed by atoms with van der Waals surface area (Å²) in [7, 11) is 0. The Labute approximate surface area is 203 Å². The number of benzene rings is 2. The van der Waals surface area contributed by atoms with Crippen LogP contribution in [0.5, 0.6) is 0 Å². The summed E-state index contributed by atoms with van der Waals surface area (Å²) in [6.45, 7) is 6.31. The SMILES string of the molecule is CCC[C@@H]1N=C(c2ccc(Cl)cc2)c2c(sc(C#Cc3ccccc3)c2C)-n2c(C)nnc21. The second-order valence-corrected chi connectivity index (χ2v) is 9.52. The van der Waals surface area contributed by atoms with Gasteiger partial charge in [0.05, 0.1) is 10.6 Å². The predicted molar refractivity (Wildman–Crippen MR) is 136 cm³/mol. The monoisotopic (exact) mass is 470 g/mol. The van der Waals surface area contributed by atoms with Gasteiger partial charge in [0.25, 0.3) is 0 Å². The Morgan fingerprint density at radius 1 is 1.00 bits per heavy atom. The lowest BCUT2D eigenvalue weighted by molar-refractivity contribution is 0.597. The summed E-state index contributed by atoms with van der Waals surface area (Å²) in [6, 6.07) is 17.9. The van der Waals surface area contributed by atoms with Crippen molar-refractivity contribution in [1.29, 1.82) is 0 Å². The lowest BCUT2D eigenvalue weighted by atomic mass is 9.99. The molecular weight excluding hydrogens is 448 g/mol. The number of fused-ring (bicyclic) bond motifs is 3. The molecule has 2 aromatic heterocycles. The van der Waals surface area contributed by atoms with E-state index in [1.807, 2.05) is 61.5 Å². The van der Waals surface area contributed by atoms with Gasteiger partial charge in [-0.25, -0.2) is 0 Å². The lowest BCUT2D eigenvalue weighted by Gasteiger charge is -2.11. The third-order valence-corrected chi connectivity index (χ3v) is 7.22. The van der Waals surface area contributed by atoms with Gasteiger partial charge in [-0.3, -0.25) is 9.56 Å². The molecule has 1 atom stereocenters. The van der Waals surface area contributed by atoms with Crippen molar-refractivity contribution in [2.45, 2.75) is 39.7 Å². The fourth-order valence-corrected chi connectivity index (χ4v) is 5.47. The Bertz CT molecular complexity index is 1400. The van der Waals surface area contributed by atoms with E-state index in [-0.39, 0.29) is 6.04 Å². The molecule has 0 spiro atoms. The second-order valence-electron chi connectivity index (χ2n) is 8.08. The maximum absolute atomic E-state index is 6.19. The van der Waals surface area contributed by atoms with Crippen LogP contribution in [0.4, 0.5) is 0 Å². The highest BCUT2D eigenvalue weighted by atomic mass is 35.5. The largest absolute Gasteiger partial charge is 0.273 e. The molecule has 4 aromatic rings. The second kappa shape index (κ2) is 8.97. The first-order valence-corrected chi connectivity index (χ1v) is 12.2. The van der Waals surface area contributed by atoms with Gasteiger partial charge >= 0.3 is 0 Å². The highest BCUT2D eigenvalue weighted by Crippen LogP contribution is 2.40. The number of rotatable bonds is 3. The van der Waals surface area contributed by atoms with E-state index in [1.165, 1.54) is 0 Å². The smallest absolute Gasteiger partial charge is 0.163 e. The third-order valence-electron chi connectivity index (χ3n) is 5.77. The van der Waals surface area contributed by atoms with E-state index in [9.17, 15) is 0 Å². The summed E-state index contributed by atoms with van der Waals surface area (Å²) >= 11 is 7.87. The van der Waals surface area contributed by atoms with Crippen LogP contribution in [0.3, 0.4) is 0 Å². The number of aliphatic imine (C=N–C) groups is 1. The minimum atomic E-state index is -0.0558. The first-order chi connectivity index (χ1) is 16.1. The Kier molecular flexibility index (Phi) is 5.88. The van der Waals surface area contributed by atoms with Gasteiger partial charge in [-0.15, -0.1) is 21.5 Å². The topological polar surface area (TPSA) is 43.1 Å². The molecule has 0 unspecified atom stereocenters. The highest BCUT2D eigenvalue weighted by Gasteiger charge is 2.31. The Morgan fingerprint density at radius 2 is 1.76 bits per heavy atom. The molecule has 2 aromatic carbocycles. The molecule has 6 heteroatoms. The van der Waals surface area contributed by atoms with Crippen LogP contribution in [-0.4, -0.2) is 20.5 Å². The zero-order valence-corrected chi connectivity index (χ0v) is 20.3. The maximum Gasteiger partial charge on any atom is 0.163 e. The van der Waals surface area contributed by atoms with Crippen molar-refractivity contribution in [3.8, 4) is 16.8 Å². The minimum absolute atomic E-state index is 0.0558. The van der Waals surface area contributed by atoms with Crippen LogP contribution >= 0.6 is 22.9 Å². The molecule has 5 rings (SSSR count). The van der Waals surface area contributed by atoms with Crippen molar-refractivity contribution < 1.29 is 0 Å². The number of nitrogens with zero attached hydrogens (tertiary/aromatic N) is 4.